The fourth-order valence-electron chi connectivity index (χ4n) is 2.47. The molecule has 0 radical (unpaired) electrons. The minimum absolute atomic E-state index is 0.246. The lowest BCUT2D eigenvalue weighted by Crippen LogP contribution is -2.44. The van der Waals surface area contributed by atoms with Crippen molar-refractivity contribution in [2.75, 3.05) is 20.3 Å². The first-order chi connectivity index (χ1) is 9.20. The summed E-state index contributed by atoms with van der Waals surface area (Å²) in [6, 6.07) is 8.89. The van der Waals surface area contributed by atoms with Crippen molar-refractivity contribution < 1.29 is 4.74 Å². The zero-order valence-electron chi connectivity index (χ0n) is 11.7. The number of rotatable bonds is 3. The van der Waals surface area contributed by atoms with Gasteiger partial charge >= 0.3 is 0 Å². The molecule has 2 rings (SSSR count). The number of methoxy groups -OCH3 is 1. The van der Waals surface area contributed by atoms with E-state index in [2.05, 4.69) is 41.4 Å². The third kappa shape index (κ3) is 3.91. The molecule has 0 aromatic heterocycles. The van der Waals surface area contributed by atoms with E-state index in [0.29, 0.717) is 6.61 Å². The van der Waals surface area contributed by atoms with Gasteiger partial charge in [-0.2, -0.15) is 0 Å². The number of aryl methyl sites for hydroxylation is 1. The predicted molar refractivity (Wildman–Crippen MR) is 82.2 cm³/mol. The molecule has 1 aliphatic heterocycles. The zero-order chi connectivity index (χ0) is 13.7. The van der Waals surface area contributed by atoms with Crippen molar-refractivity contribution in [1.29, 1.82) is 0 Å². The Labute approximate surface area is 120 Å². The van der Waals surface area contributed by atoms with Gasteiger partial charge in [0.25, 0.3) is 0 Å². The summed E-state index contributed by atoms with van der Waals surface area (Å²) in [5.41, 5.74) is 2.85. The summed E-state index contributed by atoms with van der Waals surface area (Å²) in [5.74, 6) is 0. The molecular weight excluding hydrogens is 256 g/mol. The molecule has 0 fully saturated rings. The lowest BCUT2D eigenvalue weighted by Gasteiger charge is -2.26. The average Bonchev–Trinajstić information content (AvgIpc) is 2.61. The highest BCUT2D eigenvalue weighted by Crippen LogP contribution is 2.18. The van der Waals surface area contributed by atoms with E-state index in [1.165, 1.54) is 11.1 Å². The van der Waals surface area contributed by atoms with E-state index in [-0.39, 0.29) is 6.04 Å². The fraction of sp³-hybridized carbons (Fsp3) is 0.533. The Bertz CT molecular complexity index is 436. The van der Waals surface area contributed by atoms with Crippen LogP contribution in [0.5, 0.6) is 0 Å². The molecule has 0 spiro atoms. The van der Waals surface area contributed by atoms with E-state index in [9.17, 15) is 0 Å². The largest absolute Gasteiger partial charge is 0.383 e. The first kappa shape index (κ1) is 14.3. The van der Waals surface area contributed by atoms with E-state index in [1.54, 1.807) is 7.11 Å². The molecule has 0 bridgehead atoms. The number of nitrogens with one attached hydrogen (secondary N) is 1. The minimum Gasteiger partial charge on any atom is -0.383 e. The maximum Gasteiger partial charge on any atom is 0.169 e. The smallest absolute Gasteiger partial charge is 0.169 e. The quantitative estimate of drug-likeness (QED) is 0.858. The van der Waals surface area contributed by atoms with Crippen LogP contribution in [0, 0.1) is 0 Å². The first-order valence-corrected chi connectivity index (χ1v) is 7.22. The van der Waals surface area contributed by atoms with Gasteiger partial charge in [-0.05, 0) is 43.1 Å². The lowest BCUT2D eigenvalue weighted by atomic mass is 10.0. The molecule has 1 unspecified atom stereocenters. The van der Waals surface area contributed by atoms with E-state index >= 15 is 0 Å². The Morgan fingerprint density at radius 2 is 2.16 bits per heavy atom. The molecule has 1 aliphatic rings. The van der Waals surface area contributed by atoms with Crippen LogP contribution >= 0.6 is 12.2 Å². The van der Waals surface area contributed by atoms with Crippen molar-refractivity contribution in [3.05, 3.63) is 35.4 Å². The zero-order valence-corrected chi connectivity index (χ0v) is 12.5. The Hall–Kier alpha value is -1.13. The number of benzene rings is 1. The molecule has 0 aliphatic carbocycles. The second kappa shape index (κ2) is 6.87. The van der Waals surface area contributed by atoms with E-state index in [4.69, 9.17) is 17.0 Å². The SMILES string of the molecule is COCC(C)NC(=S)N1CCCc2ccccc2C1. The van der Waals surface area contributed by atoms with Gasteiger partial charge in [0.1, 0.15) is 0 Å². The predicted octanol–water partition coefficient (Wildman–Crippen LogP) is 2.34. The number of nitrogens with zero attached hydrogens (tertiary/aromatic N) is 1. The second-order valence-corrected chi connectivity index (χ2v) is 5.49. The molecule has 4 heteroatoms. The van der Waals surface area contributed by atoms with Crippen molar-refractivity contribution in [3.8, 4) is 0 Å². The van der Waals surface area contributed by atoms with Crippen molar-refractivity contribution in [3.63, 3.8) is 0 Å². The van der Waals surface area contributed by atoms with Gasteiger partial charge in [0.15, 0.2) is 5.11 Å². The van der Waals surface area contributed by atoms with E-state index in [0.717, 1.165) is 31.0 Å². The van der Waals surface area contributed by atoms with Crippen molar-refractivity contribution in [2.24, 2.45) is 0 Å². The molecule has 0 saturated carbocycles. The van der Waals surface area contributed by atoms with Crippen LogP contribution in [0.2, 0.25) is 0 Å². The summed E-state index contributed by atoms with van der Waals surface area (Å²) in [6.07, 6.45) is 2.29. The minimum atomic E-state index is 0.246. The Balaban J connectivity index is 2.00. The first-order valence-electron chi connectivity index (χ1n) is 6.82. The van der Waals surface area contributed by atoms with E-state index in [1.807, 2.05) is 0 Å². The van der Waals surface area contributed by atoms with Gasteiger partial charge in [0.2, 0.25) is 0 Å². The fourth-order valence-corrected chi connectivity index (χ4v) is 2.82. The topological polar surface area (TPSA) is 24.5 Å². The Morgan fingerprint density at radius 1 is 1.42 bits per heavy atom. The molecule has 3 nitrogen and oxygen atoms in total. The highest BCUT2D eigenvalue weighted by atomic mass is 32.1. The monoisotopic (exact) mass is 278 g/mol. The summed E-state index contributed by atoms with van der Waals surface area (Å²) in [5, 5.41) is 4.18. The highest BCUT2D eigenvalue weighted by Gasteiger charge is 2.17. The van der Waals surface area contributed by atoms with Crippen LogP contribution < -0.4 is 5.32 Å². The summed E-state index contributed by atoms with van der Waals surface area (Å²) in [4.78, 5) is 2.26. The number of thiocarbonyl (C=S) groups is 1. The second-order valence-electron chi connectivity index (χ2n) is 5.10. The number of hydrogen-bond donors (Lipinski definition) is 1. The standard InChI is InChI=1S/C15H22N2OS/c1-12(11-18-2)16-15(19)17-9-5-8-13-6-3-4-7-14(13)10-17/h3-4,6-7,12H,5,8-11H2,1-2H3,(H,16,19). The molecule has 0 saturated heterocycles. The van der Waals surface area contributed by atoms with Gasteiger partial charge in [-0.15, -0.1) is 0 Å². The molecule has 1 N–H and O–H groups in total. The normalized spacial score (nSPS) is 16.4. The van der Waals surface area contributed by atoms with Gasteiger partial charge in [-0.1, -0.05) is 24.3 Å². The van der Waals surface area contributed by atoms with Gasteiger partial charge in [-0.25, -0.2) is 0 Å². The average molecular weight is 278 g/mol. The van der Waals surface area contributed by atoms with Crippen LogP contribution in [0.3, 0.4) is 0 Å². The molecule has 1 aromatic carbocycles. The van der Waals surface area contributed by atoms with Gasteiger partial charge in [-0.3, -0.25) is 0 Å². The molecule has 0 amide bonds. The molecule has 104 valence electrons. The van der Waals surface area contributed by atoms with Crippen LogP contribution in [-0.2, 0) is 17.7 Å². The van der Waals surface area contributed by atoms with E-state index < -0.39 is 0 Å². The van der Waals surface area contributed by atoms with Crippen LogP contribution in [0.1, 0.15) is 24.5 Å². The Morgan fingerprint density at radius 3 is 2.89 bits per heavy atom. The molecule has 1 heterocycles. The maximum absolute atomic E-state index is 5.51. The van der Waals surface area contributed by atoms with Crippen LogP contribution in [-0.4, -0.2) is 36.3 Å². The van der Waals surface area contributed by atoms with Crippen molar-refractivity contribution >= 4 is 17.3 Å². The summed E-state index contributed by atoms with van der Waals surface area (Å²) in [6.45, 7) is 4.67. The molecular formula is C15H22N2OS. The van der Waals surface area contributed by atoms with Crippen LogP contribution in [0.4, 0.5) is 0 Å². The third-order valence-corrected chi connectivity index (χ3v) is 3.80. The van der Waals surface area contributed by atoms with Gasteiger partial charge in [0, 0.05) is 26.2 Å². The van der Waals surface area contributed by atoms with Gasteiger partial charge in [0.05, 0.1) is 6.61 Å². The highest BCUT2D eigenvalue weighted by molar-refractivity contribution is 7.80. The number of hydrogen-bond acceptors (Lipinski definition) is 2. The summed E-state index contributed by atoms with van der Waals surface area (Å²) in [7, 11) is 1.71. The summed E-state index contributed by atoms with van der Waals surface area (Å²) >= 11 is 5.51. The van der Waals surface area contributed by atoms with Crippen molar-refractivity contribution in [1.82, 2.24) is 10.2 Å². The molecule has 19 heavy (non-hydrogen) atoms. The van der Waals surface area contributed by atoms with Gasteiger partial charge < -0.3 is 15.0 Å². The molecule has 1 aromatic rings. The number of ether oxygens (including phenoxy) is 1. The maximum atomic E-state index is 5.51. The third-order valence-electron chi connectivity index (χ3n) is 3.43. The van der Waals surface area contributed by atoms with Crippen LogP contribution in [0.15, 0.2) is 24.3 Å². The van der Waals surface area contributed by atoms with Crippen molar-refractivity contribution in [2.45, 2.75) is 32.4 Å². The number of fused-ring (bicyclic) bond motifs is 1. The van der Waals surface area contributed by atoms with Crippen LogP contribution in [0.25, 0.3) is 0 Å². The molecule has 1 atom stereocenters. The Kier molecular flexibility index (Phi) is 5.16. The lowest BCUT2D eigenvalue weighted by molar-refractivity contribution is 0.177. The summed E-state index contributed by atoms with van der Waals surface area (Å²) < 4.78 is 5.13.